The predicted octanol–water partition coefficient (Wildman–Crippen LogP) is 2.35. The van der Waals surface area contributed by atoms with Gasteiger partial charge in [0.25, 0.3) is 5.91 Å². The number of carbonyl (C=O) groups excluding carboxylic acids is 1. The lowest BCUT2D eigenvalue weighted by molar-refractivity contribution is 0.102. The predicted molar refractivity (Wildman–Crippen MR) is 65.9 cm³/mol. The SMILES string of the molecule is Cc1cncc(C(=O)Nc2cccnc2)c1C. The lowest BCUT2D eigenvalue weighted by Gasteiger charge is -2.08. The number of pyridine rings is 2. The van der Waals surface area contributed by atoms with Crippen LogP contribution in [-0.4, -0.2) is 15.9 Å². The van der Waals surface area contributed by atoms with E-state index in [4.69, 9.17) is 0 Å². The summed E-state index contributed by atoms with van der Waals surface area (Å²) < 4.78 is 0. The zero-order valence-electron chi connectivity index (χ0n) is 9.77. The second kappa shape index (κ2) is 4.74. The topological polar surface area (TPSA) is 54.9 Å². The first-order valence-electron chi connectivity index (χ1n) is 5.31. The molecule has 0 aliphatic carbocycles. The van der Waals surface area contributed by atoms with Gasteiger partial charge in [0.05, 0.1) is 17.4 Å². The molecular formula is C13H13N3O. The third-order valence-corrected chi connectivity index (χ3v) is 2.63. The summed E-state index contributed by atoms with van der Waals surface area (Å²) >= 11 is 0. The minimum atomic E-state index is -0.160. The summed E-state index contributed by atoms with van der Waals surface area (Å²) in [5.74, 6) is -0.160. The van der Waals surface area contributed by atoms with E-state index in [1.807, 2.05) is 13.8 Å². The Hall–Kier alpha value is -2.23. The molecular weight excluding hydrogens is 214 g/mol. The van der Waals surface area contributed by atoms with E-state index in [-0.39, 0.29) is 5.91 Å². The number of aromatic nitrogens is 2. The van der Waals surface area contributed by atoms with Gasteiger partial charge in [-0.05, 0) is 37.1 Å². The lowest BCUT2D eigenvalue weighted by atomic mass is 10.1. The van der Waals surface area contributed by atoms with Crippen LogP contribution in [0.1, 0.15) is 21.5 Å². The average Bonchev–Trinajstić information content (AvgIpc) is 2.34. The molecule has 0 fully saturated rings. The van der Waals surface area contributed by atoms with Gasteiger partial charge in [0.15, 0.2) is 0 Å². The van der Waals surface area contributed by atoms with Crippen LogP contribution in [0.5, 0.6) is 0 Å². The molecule has 2 aromatic heterocycles. The van der Waals surface area contributed by atoms with Gasteiger partial charge in [-0.3, -0.25) is 14.8 Å². The first-order valence-corrected chi connectivity index (χ1v) is 5.31. The fraction of sp³-hybridized carbons (Fsp3) is 0.154. The Labute approximate surface area is 99.7 Å². The first kappa shape index (κ1) is 11.3. The summed E-state index contributed by atoms with van der Waals surface area (Å²) in [5, 5.41) is 2.78. The molecule has 4 nitrogen and oxygen atoms in total. The van der Waals surface area contributed by atoms with Crippen LogP contribution in [0.2, 0.25) is 0 Å². The highest BCUT2D eigenvalue weighted by Gasteiger charge is 2.10. The Morgan fingerprint density at radius 3 is 2.71 bits per heavy atom. The van der Waals surface area contributed by atoms with Crippen molar-refractivity contribution in [3.05, 3.63) is 53.6 Å². The molecule has 0 spiro atoms. The fourth-order valence-electron chi connectivity index (χ4n) is 1.49. The molecule has 2 aromatic rings. The highest BCUT2D eigenvalue weighted by molar-refractivity contribution is 6.05. The maximum atomic E-state index is 12.0. The van der Waals surface area contributed by atoms with Crippen LogP contribution in [0.3, 0.4) is 0 Å². The standard InChI is InChI=1S/C13H13N3O/c1-9-6-15-8-12(10(9)2)13(17)16-11-4-3-5-14-7-11/h3-8H,1-2H3,(H,16,17). The van der Waals surface area contributed by atoms with Crippen molar-refractivity contribution in [1.82, 2.24) is 9.97 Å². The third kappa shape index (κ3) is 2.47. The molecule has 17 heavy (non-hydrogen) atoms. The molecule has 0 bridgehead atoms. The van der Waals surface area contributed by atoms with E-state index in [9.17, 15) is 4.79 Å². The van der Waals surface area contributed by atoms with E-state index in [2.05, 4.69) is 15.3 Å². The molecule has 4 heteroatoms. The van der Waals surface area contributed by atoms with Crippen molar-refractivity contribution in [1.29, 1.82) is 0 Å². The number of nitrogens with one attached hydrogen (secondary N) is 1. The third-order valence-electron chi connectivity index (χ3n) is 2.63. The fourth-order valence-corrected chi connectivity index (χ4v) is 1.49. The van der Waals surface area contributed by atoms with Crippen LogP contribution < -0.4 is 5.32 Å². The van der Waals surface area contributed by atoms with Gasteiger partial charge in [0.2, 0.25) is 0 Å². The second-order valence-electron chi connectivity index (χ2n) is 3.82. The molecule has 1 amide bonds. The Balaban J connectivity index is 2.24. The second-order valence-corrected chi connectivity index (χ2v) is 3.82. The number of aryl methyl sites for hydroxylation is 1. The minimum Gasteiger partial charge on any atom is -0.321 e. The minimum absolute atomic E-state index is 0.160. The van der Waals surface area contributed by atoms with Crippen LogP contribution in [0.4, 0.5) is 5.69 Å². The van der Waals surface area contributed by atoms with Crippen molar-refractivity contribution in [2.45, 2.75) is 13.8 Å². The normalized spacial score (nSPS) is 10.0. The first-order chi connectivity index (χ1) is 8.18. The zero-order valence-corrected chi connectivity index (χ0v) is 9.77. The number of amides is 1. The van der Waals surface area contributed by atoms with E-state index in [1.54, 1.807) is 36.9 Å². The van der Waals surface area contributed by atoms with Gasteiger partial charge in [-0.1, -0.05) is 0 Å². The van der Waals surface area contributed by atoms with Crippen LogP contribution in [0.25, 0.3) is 0 Å². The van der Waals surface area contributed by atoms with Crippen molar-refractivity contribution in [2.24, 2.45) is 0 Å². The number of hydrogen-bond donors (Lipinski definition) is 1. The van der Waals surface area contributed by atoms with Gasteiger partial charge >= 0.3 is 0 Å². The highest BCUT2D eigenvalue weighted by atomic mass is 16.1. The van der Waals surface area contributed by atoms with Crippen molar-refractivity contribution < 1.29 is 4.79 Å². The van der Waals surface area contributed by atoms with Crippen LogP contribution in [0, 0.1) is 13.8 Å². The van der Waals surface area contributed by atoms with E-state index >= 15 is 0 Å². The van der Waals surface area contributed by atoms with Crippen molar-refractivity contribution in [3.8, 4) is 0 Å². The van der Waals surface area contributed by atoms with E-state index in [0.717, 1.165) is 11.1 Å². The van der Waals surface area contributed by atoms with Gasteiger partial charge < -0.3 is 5.32 Å². The molecule has 0 aromatic carbocycles. The van der Waals surface area contributed by atoms with Crippen molar-refractivity contribution in [2.75, 3.05) is 5.32 Å². The Morgan fingerprint density at radius 1 is 1.18 bits per heavy atom. The molecule has 2 heterocycles. The molecule has 0 atom stereocenters. The zero-order chi connectivity index (χ0) is 12.3. The van der Waals surface area contributed by atoms with Gasteiger partial charge in [0, 0.05) is 18.6 Å². The molecule has 0 saturated heterocycles. The molecule has 1 N–H and O–H groups in total. The quantitative estimate of drug-likeness (QED) is 0.856. The smallest absolute Gasteiger partial charge is 0.257 e. The summed E-state index contributed by atoms with van der Waals surface area (Å²) in [6, 6.07) is 3.57. The van der Waals surface area contributed by atoms with E-state index in [0.29, 0.717) is 11.3 Å². The Morgan fingerprint density at radius 2 is 2.00 bits per heavy atom. The highest BCUT2D eigenvalue weighted by Crippen LogP contribution is 2.13. The average molecular weight is 227 g/mol. The largest absolute Gasteiger partial charge is 0.321 e. The van der Waals surface area contributed by atoms with Crippen LogP contribution >= 0.6 is 0 Å². The number of rotatable bonds is 2. The molecule has 2 rings (SSSR count). The van der Waals surface area contributed by atoms with Gasteiger partial charge in [-0.25, -0.2) is 0 Å². The van der Waals surface area contributed by atoms with Crippen LogP contribution in [0.15, 0.2) is 36.9 Å². The van der Waals surface area contributed by atoms with Crippen LogP contribution in [-0.2, 0) is 0 Å². The van der Waals surface area contributed by atoms with Gasteiger partial charge in [-0.2, -0.15) is 0 Å². The van der Waals surface area contributed by atoms with Crippen molar-refractivity contribution >= 4 is 11.6 Å². The lowest BCUT2D eigenvalue weighted by Crippen LogP contribution is -2.14. The summed E-state index contributed by atoms with van der Waals surface area (Å²) in [4.78, 5) is 20.0. The van der Waals surface area contributed by atoms with Gasteiger partial charge in [-0.15, -0.1) is 0 Å². The molecule has 0 aliphatic heterocycles. The molecule has 0 radical (unpaired) electrons. The van der Waals surface area contributed by atoms with Gasteiger partial charge in [0.1, 0.15) is 0 Å². The molecule has 86 valence electrons. The number of anilines is 1. The summed E-state index contributed by atoms with van der Waals surface area (Å²) in [6.45, 7) is 3.85. The van der Waals surface area contributed by atoms with E-state index in [1.165, 1.54) is 0 Å². The maximum absolute atomic E-state index is 12.0. The Bertz CT molecular complexity index is 538. The molecule has 0 saturated carbocycles. The van der Waals surface area contributed by atoms with Crippen molar-refractivity contribution in [3.63, 3.8) is 0 Å². The summed E-state index contributed by atoms with van der Waals surface area (Å²) in [5.41, 5.74) is 3.22. The summed E-state index contributed by atoms with van der Waals surface area (Å²) in [7, 11) is 0. The maximum Gasteiger partial charge on any atom is 0.257 e. The molecule has 0 aliphatic rings. The number of carbonyl (C=O) groups is 1. The number of hydrogen-bond acceptors (Lipinski definition) is 3. The number of nitrogens with zero attached hydrogens (tertiary/aromatic N) is 2. The Kier molecular flexibility index (Phi) is 3.14. The molecule has 0 unspecified atom stereocenters. The van der Waals surface area contributed by atoms with E-state index < -0.39 is 0 Å². The summed E-state index contributed by atoms with van der Waals surface area (Å²) in [6.07, 6.45) is 6.59. The monoisotopic (exact) mass is 227 g/mol.